The van der Waals surface area contributed by atoms with Gasteiger partial charge in [0.2, 0.25) is 5.91 Å². The van der Waals surface area contributed by atoms with Crippen molar-refractivity contribution in [3.8, 4) is 11.5 Å². The zero-order valence-corrected chi connectivity index (χ0v) is 15.9. The van der Waals surface area contributed by atoms with Crippen LogP contribution in [0.25, 0.3) is 0 Å². The maximum absolute atomic E-state index is 12.5. The first kappa shape index (κ1) is 19.7. The first-order valence-electron chi connectivity index (χ1n) is 9.78. The quantitative estimate of drug-likeness (QED) is 0.676. The van der Waals surface area contributed by atoms with E-state index < -0.39 is 12.1 Å². The Hall–Kier alpha value is -3.02. The number of urea groups is 1. The largest absolute Gasteiger partial charge is 0.457 e. The van der Waals surface area contributed by atoms with Gasteiger partial charge in [-0.25, -0.2) is 4.79 Å². The van der Waals surface area contributed by atoms with E-state index in [1.165, 1.54) is 6.42 Å². The third-order valence-corrected chi connectivity index (χ3v) is 4.92. The lowest BCUT2D eigenvalue weighted by molar-refractivity contribution is -0.122. The fourth-order valence-electron chi connectivity index (χ4n) is 3.56. The van der Waals surface area contributed by atoms with Crippen LogP contribution in [0, 0.1) is 0 Å². The van der Waals surface area contributed by atoms with Gasteiger partial charge in [-0.3, -0.25) is 4.79 Å². The van der Waals surface area contributed by atoms with E-state index in [9.17, 15) is 9.59 Å². The predicted octanol–water partition coefficient (Wildman–Crippen LogP) is 4.03. The molecule has 2 aromatic rings. The van der Waals surface area contributed by atoms with Crippen molar-refractivity contribution in [2.24, 2.45) is 5.73 Å². The van der Waals surface area contributed by atoms with E-state index in [1.807, 2.05) is 54.6 Å². The van der Waals surface area contributed by atoms with E-state index in [4.69, 9.17) is 10.5 Å². The fourth-order valence-corrected chi connectivity index (χ4v) is 3.56. The standard InChI is InChI=1S/C22H27N3O3/c23-22(27)25-20(15-21(26)24-17-9-3-1-4-10-17)16-8-7-13-19(14-16)28-18-11-5-2-6-12-18/h2,5-8,11-14,17,20H,1,3-4,9-10,15H2,(H,24,26)(H3,23,25,27)/t20-/m0/s1. The Bertz CT molecular complexity index is 789. The van der Waals surface area contributed by atoms with Crippen LogP contribution in [0.1, 0.15) is 50.1 Å². The SMILES string of the molecule is NC(=O)N[C@@H](CC(=O)NC1CCCCC1)c1cccc(Oc2ccccc2)c1. The van der Waals surface area contributed by atoms with E-state index >= 15 is 0 Å². The Morgan fingerprint density at radius 1 is 1.00 bits per heavy atom. The average Bonchev–Trinajstić information content (AvgIpc) is 2.69. The molecule has 0 unspecified atom stereocenters. The fraction of sp³-hybridized carbons (Fsp3) is 0.364. The number of nitrogens with one attached hydrogen (secondary N) is 2. The normalized spacial score (nSPS) is 15.4. The molecule has 1 fully saturated rings. The number of carbonyl (C=O) groups is 2. The molecule has 6 heteroatoms. The van der Waals surface area contributed by atoms with Crippen LogP contribution >= 0.6 is 0 Å². The molecule has 3 amide bonds. The van der Waals surface area contributed by atoms with Gasteiger partial charge in [0, 0.05) is 6.04 Å². The highest BCUT2D eigenvalue weighted by molar-refractivity contribution is 5.79. The van der Waals surface area contributed by atoms with Crippen molar-refractivity contribution < 1.29 is 14.3 Å². The highest BCUT2D eigenvalue weighted by Gasteiger charge is 2.21. The van der Waals surface area contributed by atoms with Crippen LogP contribution in [0.2, 0.25) is 0 Å². The Morgan fingerprint density at radius 2 is 1.71 bits per heavy atom. The molecule has 1 aliphatic rings. The number of hydrogen-bond acceptors (Lipinski definition) is 3. The minimum Gasteiger partial charge on any atom is -0.457 e. The van der Waals surface area contributed by atoms with Crippen molar-refractivity contribution in [2.45, 2.75) is 50.6 Å². The molecule has 1 atom stereocenters. The molecule has 0 radical (unpaired) electrons. The topological polar surface area (TPSA) is 93.5 Å². The van der Waals surface area contributed by atoms with Gasteiger partial charge in [-0.05, 0) is 42.7 Å². The first-order valence-corrected chi connectivity index (χ1v) is 9.78. The monoisotopic (exact) mass is 381 g/mol. The zero-order valence-electron chi connectivity index (χ0n) is 15.9. The van der Waals surface area contributed by atoms with E-state index in [-0.39, 0.29) is 18.4 Å². The third kappa shape index (κ3) is 6.01. The Kier molecular flexibility index (Phi) is 6.89. The Morgan fingerprint density at radius 3 is 2.43 bits per heavy atom. The second-order valence-electron chi connectivity index (χ2n) is 7.16. The van der Waals surface area contributed by atoms with Gasteiger partial charge in [0.15, 0.2) is 0 Å². The second kappa shape index (κ2) is 9.78. The van der Waals surface area contributed by atoms with E-state index in [2.05, 4.69) is 10.6 Å². The summed E-state index contributed by atoms with van der Waals surface area (Å²) in [6.07, 6.45) is 5.68. The number of benzene rings is 2. The molecular weight excluding hydrogens is 354 g/mol. The summed E-state index contributed by atoms with van der Waals surface area (Å²) >= 11 is 0. The lowest BCUT2D eigenvalue weighted by Gasteiger charge is -2.24. The maximum atomic E-state index is 12.5. The van der Waals surface area contributed by atoms with Gasteiger partial charge in [-0.1, -0.05) is 49.6 Å². The lowest BCUT2D eigenvalue weighted by Crippen LogP contribution is -2.40. The summed E-state index contributed by atoms with van der Waals surface area (Å²) < 4.78 is 5.86. The highest BCUT2D eigenvalue weighted by atomic mass is 16.5. The number of ether oxygens (including phenoxy) is 1. The molecule has 0 heterocycles. The van der Waals surface area contributed by atoms with Gasteiger partial charge in [0.1, 0.15) is 11.5 Å². The van der Waals surface area contributed by atoms with Gasteiger partial charge >= 0.3 is 6.03 Å². The zero-order chi connectivity index (χ0) is 19.8. The van der Waals surface area contributed by atoms with Crippen molar-refractivity contribution in [1.29, 1.82) is 0 Å². The molecule has 28 heavy (non-hydrogen) atoms. The molecule has 0 spiro atoms. The smallest absolute Gasteiger partial charge is 0.312 e. The van der Waals surface area contributed by atoms with Crippen molar-refractivity contribution in [1.82, 2.24) is 10.6 Å². The van der Waals surface area contributed by atoms with Gasteiger partial charge < -0.3 is 21.1 Å². The molecular formula is C22H27N3O3. The number of hydrogen-bond donors (Lipinski definition) is 3. The molecule has 6 nitrogen and oxygen atoms in total. The van der Waals surface area contributed by atoms with Crippen LogP contribution in [0.15, 0.2) is 54.6 Å². The summed E-state index contributed by atoms with van der Waals surface area (Å²) in [5.41, 5.74) is 6.11. The van der Waals surface area contributed by atoms with Gasteiger partial charge in [-0.15, -0.1) is 0 Å². The summed E-state index contributed by atoms with van der Waals surface area (Å²) in [7, 11) is 0. The number of primary amides is 1. The lowest BCUT2D eigenvalue weighted by atomic mass is 9.95. The third-order valence-electron chi connectivity index (χ3n) is 4.92. The van der Waals surface area contributed by atoms with E-state index in [0.717, 1.165) is 31.2 Å². The van der Waals surface area contributed by atoms with Crippen LogP contribution < -0.4 is 21.1 Å². The van der Waals surface area contributed by atoms with Crippen LogP contribution in [0.4, 0.5) is 4.79 Å². The van der Waals surface area contributed by atoms with Gasteiger partial charge in [-0.2, -0.15) is 0 Å². The molecule has 1 aliphatic carbocycles. The summed E-state index contributed by atoms with van der Waals surface area (Å²) in [6.45, 7) is 0. The number of nitrogens with two attached hydrogens (primary N) is 1. The minimum atomic E-state index is -0.662. The van der Waals surface area contributed by atoms with Crippen molar-refractivity contribution >= 4 is 11.9 Å². The Labute approximate surface area is 165 Å². The van der Waals surface area contributed by atoms with Gasteiger partial charge in [0.25, 0.3) is 0 Å². The molecule has 4 N–H and O–H groups in total. The molecule has 1 saturated carbocycles. The molecule has 0 aromatic heterocycles. The minimum absolute atomic E-state index is 0.0833. The molecule has 0 saturated heterocycles. The van der Waals surface area contributed by atoms with E-state index in [1.54, 1.807) is 0 Å². The summed E-state index contributed by atoms with van der Waals surface area (Å²) in [5, 5.41) is 5.76. The number of rotatable bonds is 7. The van der Waals surface area contributed by atoms with Crippen molar-refractivity contribution in [3.05, 3.63) is 60.2 Å². The van der Waals surface area contributed by atoms with Crippen LogP contribution in [0.3, 0.4) is 0 Å². The second-order valence-corrected chi connectivity index (χ2v) is 7.16. The van der Waals surface area contributed by atoms with Gasteiger partial charge in [0.05, 0.1) is 12.5 Å². The molecule has 0 bridgehead atoms. The first-order chi connectivity index (χ1) is 13.6. The van der Waals surface area contributed by atoms with Crippen LogP contribution in [-0.2, 0) is 4.79 Å². The Balaban J connectivity index is 1.69. The predicted molar refractivity (Wildman–Crippen MR) is 108 cm³/mol. The average molecular weight is 381 g/mol. The van der Waals surface area contributed by atoms with Crippen molar-refractivity contribution in [3.63, 3.8) is 0 Å². The molecule has 3 rings (SSSR count). The number of carbonyl (C=O) groups excluding carboxylic acids is 2. The van der Waals surface area contributed by atoms with Crippen LogP contribution in [-0.4, -0.2) is 18.0 Å². The summed E-state index contributed by atoms with van der Waals surface area (Å²) in [5.74, 6) is 1.27. The maximum Gasteiger partial charge on any atom is 0.312 e. The highest BCUT2D eigenvalue weighted by Crippen LogP contribution is 2.26. The number of amides is 3. The number of para-hydroxylation sites is 1. The molecule has 148 valence electrons. The molecule has 2 aromatic carbocycles. The molecule has 0 aliphatic heterocycles. The van der Waals surface area contributed by atoms with E-state index in [0.29, 0.717) is 11.5 Å². The summed E-state index contributed by atoms with van der Waals surface area (Å²) in [4.78, 5) is 24.0. The van der Waals surface area contributed by atoms with Crippen LogP contribution in [0.5, 0.6) is 11.5 Å². The van der Waals surface area contributed by atoms with Crippen molar-refractivity contribution in [2.75, 3.05) is 0 Å². The summed E-state index contributed by atoms with van der Waals surface area (Å²) in [6, 6.07) is 15.8.